The van der Waals surface area contributed by atoms with Crippen LogP contribution in [0.2, 0.25) is 0 Å². The van der Waals surface area contributed by atoms with E-state index in [0.29, 0.717) is 12.1 Å². The van der Waals surface area contributed by atoms with Gasteiger partial charge in [0.15, 0.2) is 5.13 Å². The fourth-order valence-electron chi connectivity index (χ4n) is 1.86. The molecule has 1 aliphatic carbocycles. The van der Waals surface area contributed by atoms with Gasteiger partial charge in [-0.05, 0) is 33.1 Å². The highest BCUT2D eigenvalue weighted by Gasteiger charge is 2.24. The maximum absolute atomic E-state index is 5.99. The van der Waals surface area contributed by atoms with Crippen molar-refractivity contribution in [2.24, 2.45) is 5.73 Å². The average molecular weight is 211 g/mol. The Morgan fingerprint density at radius 1 is 1.43 bits per heavy atom. The lowest BCUT2D eigenvalue weighted by molar-refractivity contribution is 0.637. The molecule has 0 aliphatic heterocycles. The molecule has 4 heteroatoms. The van der Waals surface area contributed by atoms with Crippen molar-refractivity contribution in [3.8, 4) is 0 Å². The van der Waals surface area contributed by atoms with Crippen LogP contribution in [-0.4, -0.2) is 17.1 Å². The summed E-state index contributed by atoms with van der Waals surface area (Å²) in [5.41, 5.74) is 7.11. The smallest absolute Gasteiger partial charge is 0.183 e. The Morgan fingerprint density at radius 3 is 2.71 bits per heavy atom. The fraction of sp³-hybridized carbons (Fsp3) is 0.700. The largest absolute Gasteiger partial charge is 0.357 e. The molecule has 3 nitrogen and oxygen atoms in total. The van der Waals surface area contributed by atoms with E-state index < -0.39 is 0 Å². The van der Waals surface area contributed by atoms with Crippen molar-refractivity contribution in [2.75, 3.05) is 5.32 Å². The normalized spacial score (nSPS) is 26.8. The van der Waals surface area contributed by atoms with Crippen molar-refractivity contribution in [1.29, 1.82) is 0 Å². The number of nitrogens with two attached hydrogens (primary N) is 1. The summed E-state index contributed by atoms with van der Waals surface area (Å²) in [6.45, 7) is 4.15. The maximum Gasteiger partial charge on any atom is 0.183 e. The highest BCUT2D eigenvalue weighted by molar-refractivity contribution is 7.15. The second-order valence-electron chi connectivity index (χ2n) is 4.01. The number of anilines is 1. The second kappa shape index (κ2) is 3.87. The summed E-state index contributed by atoms with van der Waals surface area (Å²) < 4.78 is 0. The van der Waals surface area contributed by atoms with Gasteiger partial charge in [-0.1, -0.05) is 0 Å². The monoisotopic (exact) mass is 211 g/mol. The third-order valence-corrected chi connectivity index (χ3v) is 3.91. The number of aromatic nitrogens is 1. The molecule has 0 saturated heterocycles. The van der Waals surface area contributed by atoms with E-state index in [-0.39, 0.29) is 0 Å². The lowest BCUT2D eigenvalue weighted by atomic mass is 10.2. The van der Waals surface area contributed by atoms with Crippen LogP contribution in [0.1, 0.15) is 29.8 Å². The number of aryl methyl sites for hydroxylation is 2. The maximum atomic E-state index is 5.99. The minimum Gasteiger partial charge on any atom is -0.357 e. The SMILES string of the molecule is Cc1nc(NC2CCCC2N)sc1C. The van der Waals surface area contributed by atoms with Crippen LogP contribution in [0.3, 0.4) is 0 Å². The summed E-state index contributed by atoms with van der Waals surface area (Å²) in [5, 5.41) is 4.46. The first-order chi connectivity index (χ1) is 6.66. The van der Waals surface area contributed by atoms with Crippen LogP contribution >= 0.6 is 11.3 Å². The van der Waals surface area contributed by atoms with Gasteiger partial charge >= 0.3 is 0 Å². The van der Waals surface area contributed by atoms with Crippen molar-refractivity contribution >= 4 is 16.5 Å². The van der Waals surface area contributed by atoms with E-state index in [2.05, 4.69) is 17.2 Å². The molecular weight excluding hydrogens is 194 g/mol. The fourth-order valence-corrected chi connectivity index (χ4v) is 2.74. The van der Waals surface area contributed by atoms with E-state index in [1.165, 1.54) is 17.7 Å². The second-order valence-corrected chi connectivity index (χ2v) is 5.21. The quantitative estimate of drug-likeness (QED) is 0.787. The number of rotatable bonds is 2. The van der Waals surface area contributed by atoms with Gasteiger partial charge in [0.25, 0.3) is 0 Å². The molecule has 1 aromatic rings. The van der Waals surface area contributed by atoms with Gasteiger partial charge in [-0.25, -0.2) is 4.98 Å². The Bertz CT molecular complexity index is 302. The zero-order valence-electron chi connectivity index (χ0n) is 8.71. The van der Waals surface area contributed by atoms with Crippen LogP contribution < -0.4 is 11.1 Å². The molecule has 0 radical (unpaired) electrons. The summed E-state index contributed by atoms with van der Waals surface area (Å²) in [4.78, 5) is 5.75. The van der Waals surface area contributed by atoms with Gasteiger partial charge in [0.05, 0.1) is 5.69 Å². The topological polar surface area (TPSA) is 50.9 Å². The van der Waals surface area contributed by atoms with Gasteiger partial charge in [0.2, 0.25) is 0 Å². The third-order valence-electron chi connectivity index (χ3n) is 2.91. The van der Waals surface area contributed by atoms with Crippen molar-refractivity contribution < 1.29 is 0 Å². The molecule has 2 atom stereocenters. The Hall–Kier alpha value is -0.610. The van der Waals surface area contributed by atoms with Crippen LogP contribution in [0.4, 0.5) is 5.13 Å². The summed E-state index contributed by atoms with van der Waals surface area (Å²) in [6.07, 6.45) is 3.56. The molecule has 1 aliphatic rings. The Balaban J connectivity index is 2.03. The van der Waals surface area contributed by atoms with E-state index in [0.717, 1.165) is 17.2 Å². The van der Waals surface area contributed by atoms with Gasteiger partial charge in [-0.15, -0.1) is 11.3 Å². The van der Waals surface area contributed by atoms with Crippen molar-refractivity contribution in [1.82, 2.24) is 4.98 Å². The molecule has 78 valence electrons. The molecule has 1 heterocycles. The molecule has 0 aromatic carbocycles. The molecule has 2 rings (SSSR count). The number of thiazole rings is 1. The molecule has 1 fully saturated rings. The lowest BCUT2D eigenvalue weighted by Gasteiger charge is -2.15. The lowest BCUT2D eigenvalue weighted by Crippen LogP contribution is -2.35. The number of nitrogens with zero attached hydrogens (tertiary/aromatic N) is 1. The predicted molar refractivity (Wildman–Crippen MR) is 60.8 cm³/mol. The zero-order valence-corrected chi connectivity index (χ0v) is 9.53. The van der Waals surface area contributed by atoms with Crippen molar-refractivity contribution in [3.05, 3.63) is 10.6 Å². The average Bonchev–Trinajstić information content (AvgIpc) is 2.63. The molecule has 1 saturated carbocycles. The summed E-state index contributed by atoms with van der Waals surface area (Å²) in [5.74, 6) is 0. The molecule has 1 aromatic heterocycles. The van der Waals surface area contributed by atoms with Crippen LogP contribution in [0.25, 0.3) is 0 Å². The number of nitrogens with one attached hydrogen (secondary N) is 1. The standard InChI is InChI=1S/C10H17N3S/c1-6-7(2)14-10(12-6)13-9-5-3-4-8(9)11/h8-9H,3-5,11H2,1-2H3,(H,12,13). The van der Waals surface area contributed by atoms with Crippen LogP contribution in [0.15, 0.2) is 0 Å². The van der Waals surface area contributed by atoms with E-state index in [1.807, 2.05) is 6.92 Å². The Kier molecular flexibility index (Phi) is 2.74. The highest BCUT2D eigenvalue weighted by atomic mass is 32.1. The van der Waals surface area contributed by atoms with Gasteiger partial charge in [0, 0.05) is 17.0 Å². The van der Waals surface area contributed by atoms with Crippen LogP contribution in [-0.2, 0) is 0 Å². The van der Waals surface area contributed by atoms with Crippen molar-refractivity contribution in [2.45, 2.75) is 45.2 Å². The van der Waals surface area contributed by atoms with Crippen LogP contribution in [0, 0.1) is 13.8 Å². The van der Waals surface area contributed by atoms with Crippen molar-refractivity contribution in [3.63, 3.8) is 0 Å². The first-order valence-corrected chi connectivity index (χ1v) is 5.94. The Morgan fingerprint density at radius 2 is 2.21 bits per heavy atom. The number of hydrogen-bond donors (Lipinski definition) is 2. The van der Waals surface area contributed by atoms with E-state index >= 15 is 0 Å². The molecular formula is C10H17N3S. The molecule has 3 N–H and O–H groups in total. The van der Waals surface area contributed by atoms with E-state index in [1.54, 1.807) is 11.3 Å². The highest BCUT2D eigenvalue weighted by Crippen LogP contribution is 2.26. The Labute approximate surface area is 88.7 Å². The molecule has 0 bridgehead atoms. The van der Waals surface area contributed by atoms with Gasteiger partial charge < -0.3 is 11.1 Å². The molecule has 2 unspecified atom stereocenters. The summed E-state index contributed by atoms with van der Waals surface area (Å²) in [6, 6.07) is 0.736. The summed E-state index contributed by atoms with van der Waals surface area (Å²) >= 11 is 1.73. The summed E-state index contributed by atoms with van der Waals surface area (Å²) in [7, 11) is 0. The van der Waals surface area contributed by atoms with Gasteiger partial charge in [0.1, 0.15) is 0 Å². The molecule has 0 spiro atoms. The minimum absolute atomic E-state index is 0.305. The first-order valence-electron chi connectivity index (χ1n) is 5.13. The van der Waals surface area contributed by atoms with E-state index in [4.69, 9.17) is 5.73 Å². The number of hydrogen-bond acceptors (Lipinski definition) is 4. The van der Waals surface area contributed by atoms with Crippen LogP contribution in [0.5, 0.6) is 0 Å². The molecule has 0 amide bonds. The van der Waals surface area contributed by atoms with Gasteiger partial charge in [-0.3, -0.25) is 0 Å². The van der Waals surface area contributed by atoms with Gasteiger partial charge in [-0.2, -0.15) is 0 Å². The minimum atomic E-state index is 0.305. The third kappa shape index (κ3) is 1.91. The molecule has 14 heavy (non-hydrogen) atoms. The van der Waals surface area contributed by atoms with E-state index in [9.17, 15) is 0 Å². The zero-order chi connectivity index (χ0) is 10.1. The first kappa shape index (κ1) is 9.93. The predicted octanol–water partition coefficient (Wildman–Crippen LogP) is 2.05.